The summed E-state index contributed by atoms with van der Waals surface area (Å²) < 4.78 is 21.7. The molecule has 0 amide bonds. The van der Waals surface area contributed by atoms with Gasteiger partial charge in [0.05, 0.1) is 23.9 Å². The number of imidazole rings is 1. The van der Waals surface area contributed by atoms with Crippen LogP contribution in [0.25, 0.3) is 28.0 Å². The Morgan fingerprint density at radius 2 is 1.94 bits per heavy atom. The standard InChI is InChI=1S/C25H23FN6O2/c1-34-21-5-4-15(13-20(21)33)22-23(16-2-3-17(14-27)19(26)12-16)30-25(32-11-8-29-24(22)32)31-9-6-18(28)7-10-31/h2-5,8,11-13,18,33H,6-7,9-10,28H2,1H3. The normalized spacial score (nSPS) is 14.4. The summed E-state index contributed by atoms with van der Waals surface area (Å²) in [4.78, 5) is 11.7. The molecule has 3 heterocycles. The molecule has 1 fully saturated rings. The van der Waals surface area contributed by atoms with Gasteiger partial charge in [-0.1, -0.05) is 12.1 Å². The fourth-order valence-corrected chi connectivity index (χ4v) is 4.36. The van der Waals surface area contributed by atoms with Crippen molar-refractivity contribution < 1.29 is 14.2 Å². The number of nitriles is 1. The molecule has 0 aliphatic carbocycles. The first-order chi connectivity index (χ1) is 16.5. The average Bonchev–Trinajstić information content (AvgIpc) is 3.33. The van der Waals surface area contributed by atoms with Gasteiger partial charge < -0.3 is 20.5 Å². The molecule has 1 saturated heterocycles. The number of nitrogens with zero attached hydrogens (tertiary/aromatic N) is 5. The molecular formula is C25H23FN6O2. The van der Waals surface area contributed by atoms with E-state index in [9.17, 15) is 9.50 Å². The van der Waals surface area contributed by atoms with Crippen LogP contribution in [-0.2, 0) is 0 Å². The van der Waals surface area contributed by atoms with Crippen LogP contribution < -0.4 is 15.4 Å². The first-order valence-electron chi connectivity index (χ1n) is 10.9. The molecule has 9 heteroatoms. The fourth-order valence-electron chi connectivity index (χ4n) is 4.36. The van der Waals surface area contributed by atoms with E-state index < -0.39 is 5.82 Å². The lowest BCUT2D eigenvalue weighted by Gasteiger charge is -2.32. The monoisotopic (exact) mass is 458 g/mol. The number of anilines is 1. The lowest BCUT2D eigenvalue weighted by Crippen LogP contribution is -2.40. The van der Waals surface area contributed by atoms with Crippen molar-refractivity contribution in [3.8, 4) is 40.0 Å². The number of methoxy groups -OCH3 is 1. The first-order valence-corrected chi connectivity index (χ1v) is 10.9. The molecule has 2 aromatic heterocycles. The van der Waals surface area contributed by atoms with Crippen molar-refractivity contribution in [2.75, 3.05) is 25.1 Å². The van der Waals surface area contributed by atoms with Crippen LogP contribution in [0.5, 0.6) is 11.5 Å². The molecule has 0 atom stereocenters. The van der Waals surface area contributed by atoms with Crippen LogP contribution in [0.4, 0.5) is 10.3 Å². The summed E-state index contributed by atoms with van der Waals surface area (Å²) in [5.41, 5.74) is 8.95. The molecular weight excluding hydrogens is 435 g/mol. The van der Waals surface area contributed by atoms with E-state index in [2.05, 4.69) is 9.88 Å². The highest BCUT2D eigenvalue weighted by molar-refractivity contribution is 5.91. The Hall–Kier alpha value is -4.16. The number of nitrogens with two attached hydrogens (primary N) is 1. The molecule has 0 spiro atoms. The Balaban J connectivity index is 1.78. The van der Waals surface area contributed by atoms with Gasteiger partial charge in [0.2, 0.25) is 5.95 Å². The van der Waals surface area contributed by atoms with Gasteiger partial charge in [-0.2, -0.15) is 5.26 Å². The van der Waals surface area contributed by atoms with Crippen molar-refractivity contribution in [1.82, 2.24) is 14.4 Å². The highest BCUT2D eigenvalue weighted by Gasteiger charge is 2.25. The topological polar surface area (TPSA) is 113 Å². The Morgan fingerprint density at radius 3 is 2.62 bits per heavy atom. The molecule has 5 rings (SSSR count). The maximum Gasteiger partial charge on any atom is 0.211 e. The van der Waals surface area contributed by atoms with Crippen molar-refractivity contribution in [3.05, 3.63) is 60.2 Å². The number of aromatic nitrogens is 3. The number of phenolic OH excluding ortho intramolecular Hbond substituents is 1. The average molecular weight is 458 g/mol. The van der Waals surface area contributed by atoms with Crippen LogP contribution >= 0.6 is 0 Å². The Bertz CT molecular complexity index is 1420. The van der Waals surface area contributed by atoms with E-state index in [1.54, 1.807) is 30.5 Å². The highest BCUT2D eigenvalue weighted by atomic mass is 19.1. The number of fused-ring (bicyclic) bond motifs is 1. The molecule has 2 aromatic carbocycles. The van der Waals surface area contributed by atoms with Crippen molar-refractivity contribution in [2.45, 2.75) is 18.9 Å². The van der Waals surface area contributed by atoms with Crippen LogP contribution in [0.3, 0.4) is 0 Å². The molecule has 0 saturated carbocycles. The molecule has 3 N–H and O–H groups in total. The molecule has 0 unspecified atom stereocenters. The largest absolute Gasteiger partial charge is 0.504 e. The summed E-state index contributed by atoms with van der Waals surface area (Å²) in [6.07, 6.45) is 5.20. The number of halogens is 1. The van der Waals surface area contributed by atoms with E-state index in [0.29, 0.717) is 39.7 Å². The smallest absolute Gasteiger partial charge is 0.211 e. The molecule has 4 aromatic rings. The Morgan fingerprint density at radius 1 is 1.18 bits per heavy atom. The van der Waals surface area contributed by atoms with Gasteiger partial charge in [-0.25, -0.2) is 14.4 Å². The number of rotatable bonds is 4. The van der Waals surface area contributed by atoms with E-state index in [1.807, 2.05) is 16.7 Å². The third-order valence-corrected chi connectivity index (χ3v) is 6.18. The predicted octanol–water partition coefficient (Wildman–Crippen LogP) is 3.72. The number of aromatic hydroxyl groups is 1. The number of ether oxygens (including phenoxy) is 1. The zero-order chi connectivity index (χ0) is 23.8. The summed E-state index contributed by atoms with van der Waals surface area (Å²) in [5.74, 6) is 0.360. The van der Waals surface area contributed by atoms with Gasteiger partial charge in [0, 0.05) is 37.1 Å². The second-order valence-electron chi connectivity index (χ2n) is 8.27. The molecule has 8 nitrogen and oxygen atoms in total. The molecule has 34 heavy (non-hydrogen) atoms. The van der Waals surface area contributed by atoms with Crippen LogP contribution in [0, 0.1) is 17.1 Å². The fraction of sp³-hybridized carbons (Fsp3) is 0.240. The second kappa shape index (κ2) is 8.65. The molecule has 1 aliphatic heterocycles. The van der Waals surface area contributed by atoms with Crippen LogP contribution in [-0.4, -0.2) is 45.7 Å². The summed E-state index contributed by atoms with van der Waals surface area (Å²) in [7, 11) is 1.48. The van der Waals surface area contributed by atoms with E-state index in [1.165, 1.54) is 19.2 Å². The summed E-state index contributed by atoms with van der Waals surface area (Å²) in [6.45, 7) is 1.48. The molecule has 0 radical (unpaired) electrons. The Kier molecular flexibility index (Phi) is 5.51. The first kappa shape index (κ1) is 21.7. The Labute approximate surface area is 195 Å². The van der Waals surface area contributed by atoms with E-state index in [-0.39, 0.29) is 17.4 Å². The molecule has 1 aliphatic rings. The van der Waals surface area contributed by atoms with Gasteiger partial charge in [0.25, 0.3) is 0 Å². The van der Waals surface area contributed by atoms with Crippen molar-refractivity contribution in [1.29, 1.82) is 5.26 Å². The summed E-state index contributed by atoms with van der Waals surface area (Å²) in [6, 6.07) is 11.5. The minimum absolute atomic E-state index is 0.0317. The number of piperidine rings is 1. The van der Waals surface area contributed by atoms with Crippen LogP contribution in [0.2, 0.25) is 0 Å². The van der Waals surface area contributed by atoms with Gasteiger partial charge in [-0.05, 0) is 42.7 Å². The van der Waals surface area contributed by atoms with Crippen molar-refractivity contribution in [2.24, 2.45) is 5.73 Å². The SMILES string of the molecule is COc1ccc(-c2c(-c3ccc(C#N)c(F)c3)nc(N3CCC(N)CC3)n3ccnc23)cc1O. The van der Waals surface area contributed by atoms with Gasteiger partial charge in [0.15, 0.2) is 11.5 Å². The van der Waals surface area contributed by atoms with E-state index in [0.717, 1.165) is 25.9 Å². The van der Waals surface area contributed by atoms with Gasteiger partial charge in [-0.3, -0.25) is 4.40 Å². The number of phenols is 1. The van der Waals surface area contributed by atoms with Gasteiger partial charge >= 0.3 is 0 Å². The summed E-state index contributed by atoms with van der Waals surface area (Å²) >= 11 is 0. The van der Waals surface area contributed by atoms with Gasteiger partial charge in [-0.15, -0.1) is 0 Å². The second-order valence-corrected chi connectivity index (χ2v) is 8.27. The van der Waals surface area contributed by atoms with Crippen molar-refractivity contribution in [3.63, 3.8) is 0 Å². The number of hydrogen-bond donors (Lipinski definition) is 2. The number of benzene rings is 2. The van der Waals surface area contributed by atoms with E-state index in [4.69, 9.17) is 20.7 Å². The third kappa shape index (κ3) is 3.68. The minimum atomic E-state index is -0.626. The molecule has 0 bridgehead atoms. The van der Waals surface area contributed by atoms with Gasteiger partial charge in [0.1, 0.15) is 17.5 Å². The molecule has 172 valence electrons. The quantitative estimate of drug-likeness (QED) is 0.479. The van der Waals surface area contributed by atoms with Crippen molar-refractivity contribution >= 4 is 11.6 Å². The lowest BCUT2D eigenvalue weighted by atomic mass is 9.98. The predicted molar refractivity (Wildman–Crippen MR) is 126 cm³/mol. The zero-order valence-corrected chi connectivity index (χ0v) is 18.6. The maximum atomic E-state index is 14.6. The highest BCUT2D eigenvalue weighted by Crippen LogP contribution is 2.40. The van der Waals surface area contributed by atoms with Crippen LogP contribution in [0.1, 0.15) is 18.4 Å². The maximum absolute atomic E-state index is 14.6. The zero-order valence-electron chi connectivity index (χ0n) is 18.6. The van der Waals surface area contributed by atoms with E-state index >= 15 is 0 Å². The summed E-state index contributed by atoms with van der Waals surface area (Å²) in [5, 5.41) is 19.6. The minimum Gasteiger partial charge on any atom is -0.504 e. The number of hydrogen-bond acceptors (Lipinski definition) is 7. The lowest BCUT2D eigenvalue weighted by molar-refractivity contribution is 0.373. The third-order valence-electron chi connectivity index (χ3n) is 6.18. The van der Waals surface area contributed by atoms with Crippen LogP contribution in [0.15, 0.2) is 48.8 Å².